The summed E-state index contributed by atoms with van der Waals surface area (Å²) in [6, 6.07) is 6.53. The molecule has 0 unspecified atom stereocenters. The van der Waals surface area contributed by atoms with Crippen LogP contribution in [0.15, 0.2) is 24.3 Å². The molecule has 0 aliphatic heterocycles. The van der Waals surface area contributed by atoms with E-state index in [4.69, 9.17) is 21.4 Å². The van der Waals surface area contributed by atoms with E-state index in [0.29, 0.717) is 5.02 Å². The summed E-state index contributed by atoms with van der Waals surface area (Å²) in [6.07, 6.45) is 0. The third-order valence-corrected chi connectivity index (χ3v) is 2.61. The van der Waals surface area contributed by atoms with Gasteiger partial charge in [-0.3, -0.25) is 9.59 Å². The number of aliphatic carboxylic acids is 1. The zero-order valence-electron chi connectivity index (χ0n) is 9.93. The van der Waals surface area contributed by atoms with Crippen LogP contribution >= 0.6 is 11.6 Å². The third-order valence-electron chi connectivity index (χ3n) is 2.28. The van der Waals surface area contributed by atoms with E-state index in [2.05, 4.69) is 0 Å². The third kappa shape index (κ3) is 4.01. The van der Waals surface area contributed by atoms with Gasteiger partial charge in [0.1, 0.15) is 6.54 Å². The van der Waals surface area contributed by atoms with Crippen molar-refractivity contribution in [1.29, 1.82) is 0 Å². The molecule has 0 saturated carbocycles. The van der Waals surface area contributed by atoms with Gasteiger partial charge in [0.2, 0.25) is 0 Å². The van der Waals surface area contributed by atoms with Crippen molar-refractivity contribution < 1.29 is 19.4 Å². The number of halogens is 1. The Morgan fingerprint density at radius 2 is 2.06 bits per heavy atom. The summed E-state index contributed by atoms with van der Waals surface area (Å²) in [5.74, 6) is -1.49. The van der Waals surface area contributed by atoms with Crippen molar-refractivity contribution in [2.75, 3.05) is 26.8 Å². The molecule has 1 amide bonds. The molecule has 0 aromatic heterocycles. The molecular formula is C12H14ClNO4. The molecule has 0 bridgehead atoms. The summed E-state index contributed by atoms with van der Waals surface area (Å²) in [4.78, 5) is 24.0. The molecule has 18 heavy (non-hydrogen) atoms. The molecule has 6 heteroatoms. The van der Waals surface area contributed by atoms with Gasteiger partial charge in [-0.05, 0) is 12.1 Å². The van der Waals surface area contributed by atoms with Gasteiger partial charge >= 0.3 is 5.97 Å². The number of methoxy groups -OCH3 is 1. The number of carboxylic acids is 1. The fourth-order valence-electron chi connectivity index (χ4n) is 1.42. The van der Waals surface area contributed by atoms with Crippen molar-refractivity contribution in [3.05, 3.63) is 34.9 Å². The van der Waals surface area contributed by atoms with Gasteiger partial charge in [0.05, 0.1) is 17.2 Å². The molecule has 0 aliphatic carbocycles. The van der Waals surface area contributed by atoms with Gasteiger partial charge in [-0.25, -0.2) is 0 Å². The van der Waals surface area contributed by atoms with E-state index in [0.717, 1.165) is 0 Å². The number of hydrogen-bond acceptors (Lipinski definition) is 3. The normalized spacial score (nSPS) is 10.1. The minimum Gasteiger partial charge on any atom is -0.480 e. The molecule has 1 aromatic rings. The van der Waals surface area contributed by atoms with E-state index in [1.54, 1.807) is 24.3 Å². The molecule has 1 aromatic carbocycles. The monoisotopic (exact) mass is 271 g/mol. The first-order chi connectivity index (χ1) is 8.56. The molecule has 0 atom stereocenters. The Labute approximate surface area is 110 Å². The van der Waals surface area contributed by atoms with Crippen LogP contribution in [0.5, 0.6) is 0 Å². The van der Waals surface area contributed by atoms with Crippen LogP contribution in [0.1, 0.15) is 10.4 Å². The Balaban J connectivity index is 2.87. The van der Waals surface area contributed by atoms with Crippen LogP contribution in [0.4, 0.5) is 0 Å². The molecular weight excluding hydrogens is 258 g/mol. The number of ether oxygens (including phenoxy) is 1. The van der Waals surface area contributed by atoms with Gasteiger partial charge in [0, 0.05) is 13.7 Å². The molecule has 1 rings (SSSR count). The quantitative estimate of drug-likeness (QED) is 0.852. The van der Waals surface area contributed by atoms with Crippen LogP contribution in [0.2, 0.25) is 5.02 Å². The highest BCUT2D eigenvalue weighted by Gasteiger charge is 2.20. The summed E-state index contributed by atoms with van der Waals surface area (Å²) < 4.78 is 4.85. The van der Waals surface area contributed by atoms with Crippen molar-refractivity contribution in [3.8, 4) is 0 Å². The number of carbonyl (C=O) groups excluding carboxylic acids is 1. The van der Waals surface area contributed by atoms with Crippen molar-refractivity contribution >= 4 is 23.5 Å². The molecule has 0 radical (unpaired) electrons. The fraction of sp³-hybridized carbons (Fsp3) is 0.333. The van der Waals surface area contributed by atoms with Gasteiger partial charge < -0.3 is 14.7 Å². The first kappa shape index (κ1) is 14.5. The summed E-state index contributed by atoms with van der Waals surface area (Å²) in [5, 5.41) is 9.08. The van der Waals surface area contributed by atoms with Crippen molar-refractivity contribution in [1.82, 2.24) is 4.90 Å². The van der Waals surface area contributed by atoms with E-state index in [9.17, 15) is 9.59 Å². The maximum Gasteiger partial charge on any atom is 0.323 e. The maximum atomic E-state index is 12.1. The predicted molar refractivity (Wildman–Crippen MR) is 66.9 cm³/mol. The van der Waals surface area contributed by atoms with Gasteiger partial charge in [-0.15, -0.1) is 0 Å². The Hall–Kier alpha value is -1.59. The number of rotatable bonds is 6. The van der Waals surface area contributed by atoms with Crippen molar-refractivity contribution in [2.45, 2.75) is 0 Å². The van der Waals surface area contributed by atoms with E-state index in [-0.39, 0.29) is 25.3 Å². The van der Waals surface area contributed by atoms with Crippen LogP contribution in [-0.4, -0.2) is 48.7 Å². The van der Waals surface area contributed by atoms with Crippen molar-refractivity contribution in [3.63, 3.8) is 0 Å². The number of hydrogen-bond donors (Lipinski definition) is 1. The Morgan fingerprint density at radius 1 is 1.39 bits per heavy atom. The highest BCUT2D eigenvalue weighted by atomic mass is 35.5. The second kappa shape index (κ2) is 6.98. The van der Waals surface area contributed by atoms with Crippen molar-refractivity contribution in [2.24, 2.45) is 0 Å². The van der Waals surface area contributed by atoms with Gasteiger partial charge in [0.25, 0.3) is 5.91 Å². The Bertz CT molecular complexity index is 436. The molecule has 0 spiro atoms. The maximum absolute atomic E-state index is 12.1. The Morgan fingerprint density at radius 3 is 2.61 bits per heavy atom. The summed E-state index contributed by atoms with van der Waals surface area (Å²) in [7, 11) is 1.49. The molecule has 98 valence electrons. The number of carboxylic acid groups (broad SMARTS) is 1. The molecule has 0 fully saturated rings. The molecule has 0 heterocycles. The minimum absolute atomic E-state index is 0.201. The number of nitrogens with zero attached hydrogens (tertiary/aromatic N) is 1. The van der Waals surface area contributed by atoms with Crippen LogP contribution in [-0.2, 0) is 9.53 Å². The lowest BCUT2D eigenvalue weighted by molar-refractivity contribution is -0.137. The van der Waals surface area contributed by atoms with Gasteiger partial charge in [-0.2, -0.15) is 0 Å². The first-order valence-corrected chi connectivity index (χ1v) is 5.68. The van der Waals surface area contributed by atoms with Crippen LogP contribution in [0.25, 0.3) is 0 Å². The van der Waals surface area contributed by atoms with E-state index in [1.165, 1.54) is 12.0 Å². The van der Waals surface area contributed by atoms with Crippen LogP contribution in [0.3, 0.4) is 0 Å². The van der Waals surface area contributed by atoms with E-state index >= 15 is 0 Å². The average Bonchev–Trinajstić information content (AvgIpc) is 2.34. The Kier molecular flexibility index (Phi) is 5.61. The van der Waals surface area contributed by atoms with Crippen LogP contribution in [0, 0.1) is 0 Å². The zero-order valence-corrected chi connectivity index (χ0v) is 10.7. The molecule has 5 nitrogen and oxygen atoms in total. The highest BCUT2D eigenvalue weighted by molar-refractivity contribution is 6.33. The second-order valence-electron chi connectivity index (χ2n) is 3.59. The lowest BCUT2D eigenvalue weighted by Gasteiger charge is -2.20. The molecule has 0 aliphatic rings. The SMILES string of the molecule is COCCN(CC(=O)O)C(=O)c1ccccc1Cl. The summed E-state index contributed by atoms with van der Waals surface area (Å²) in [6.45, 7) is 0.0870. The lowest BCUT2D eigenvalue weighted by atomic mass is 10.2. The second-order valence-corrected chi connectivity index (χ2v) is 4.00. The number of benzene rings is 1. The standard InChI is InChI=1S/C12H14ClNO4/c1-18-7-6-14(8-11(15)16)12(17)9-4-2-3-5-10(9)13/h2-5H,6-8H2,1H3,(H,15,16). The highest BCUT2D eigenvalue weighted by Crippen LogP contribution is 2.16. The van der Waals surface area contributed by atoms with E-state index in [1.807, 2.05) is 0 Å². The average molecular weight is 272 g/mol. The van der Waals surface area contributed by atoms with Crippen LogP contribution < -0.4 is 0 Å². The van der Waals surface area contributed by atoms with E-state index < -0.39 is 11.9 Å². The summed E-state index contributed by atoms with van der Waals surface area (Å²) in [5.41, 5.74) is 0.288. The molecule has 1 N–H and O–H groups in total. The minimum atomic E-state index is -1.08. The number of carbonyl (C=O) groups is 2. The first-order valence-electron chi connectivity index (χ1n) is 5.30. The van der Waals surface area contributed by atoms with Gasteiger partial charge in [0.15, 0.2) is 0 Å². The number of amides is 1. The topological polar surface area (TPSA) is 66.8 Å². The predicted octanol–water partition coefficient (Wildman–Crippen LogP) is 1.51. The lowest BCUT2D eigenvalue weighted by Crippen LogP contribution is -2.38. The smallest absolute Gasteiger partial charge is 0.323 e. The molecule has 0 saturated heterocycles. The summed E-state index contributed by atoms with van der Waals surface area (Å²) >= 11 is 5.91. The zero-order chi connectivity index (χ0) is 13.5. The van der Waals surface area contributed by atoms with Gasteiger partial charge in [-0.1, -0.05) is 23.7 Å². The largest absolute Gasteiger partial charge is 0.480 e. The fourth-order valence-corrected chi connectivity index (χ4v) is 1.64.